The van der Waals surface area contributed by atoms with Gasteiger partial charge in [0.25, 0.3) is 0 Å². The predicted octanol–water partition coefficient (Wildman–Crippen LogP) is 2.94. The molecular weight excluding hydrogens is 301 g/mol. The lowest BCUT2D eigenvalue weighted by molar-refractivity contribution is 0.320. The molecule has 0 aliphatic heterocycles. The Hall–Kier alpha value is -2.08. The van der Waals surface area contributed by atoms with Gasteiger partial charge in [0.05, 0.1) is 13.1 Å². The van der Waals surface area contributed by atoms with Gasteiger partial charge in [-0.25, -0.2) is 4.39 Å². The van der Waals surface area contributed by atoms with Crippen molar-refractivity contribution in [1.29, 1.82) is 0 Å². The van der Waals surface area contributed by atoms with Gasteiger partial charge in [-0.3, -0.25) is 4.99 Å². The molecule has 118 valence electrons. The number of guanidine groups is 1. The number of aliphatic imine (C=N–C) groups is 1. The standard InChI is InChI=1S/C16H20FN3OS/c1-12-6-9-22-15(12)11-20-16(18-2)19-7-8-21-14-5-3-4-13(17)10-14/h3-6,9-10H,7-8,11H2,1-2H3,(H2,18,19,20). The minimum absolute atomic E-state index is 0.297. The third-order valence-corrected chi connectivity index (χ3v) is 4.09. The van der Waals surface area contributed by atoms with Crippen molar-refractivity contribution in [2.75, 3.05) is 20.2 Å². The Kier molecular flexibility index (Phi) is 6.21. The van der Waals surface area contributed by atoms with Crippen LogP contribution in [0.2, 0.25) is 0 Å². The highest BCUT2D eigenvalue weighted by atomic mass is 32.1. The lowest BCUT2D eigenvalue weighted by Gasteiger charge is -2.12. The number of benzene rings is 1. The van der Waals surface area contributed by atoms with Gasteiger partial charge >= 0.3 is 0 Å². The molecule has 22 heavy (non-hydrogen) atoms. The summed E-state index contributed by atoms with van der Waals surface area (Å²) >= 11 is 1.72. The van der Waals surface area contributed by atoms with E-state index in [2.05, 4.69) is 34.0 Å². The van der Waals surface area contributed by atoms with Gasteiger partial charge < -0.3 is 15.4 Å². The number of halogens is 1. The first-order valence-corrected chi connectivity index (χ1v) is 7.93. The summed E-state index contributed by atoms with van der Waals surface area (Å²) < 4.78 is 18.5. The minimum atomic E-state index is -0.297. The molecule has 0 aliphatic carbocycles. The minimum Gasteiger partial charge on any atom is -0.492 e. The number of hydrogen-bond donors (Lipinski definition) is 2. The number of hydrogen-bond acceptors (Lipinski definition) is 3. The topological polar surface area (TPSA) is 45.7 Å². The number of thiophene rings is 1. The molecule has 0 bridgehead atoms. The van der Waals surface area contributed by atoms with E-state index in [0.29, 0.717) is 18.9 Å². The van der Waals surface area contributed by atoms with E-state index >= 15 is 0 Å². The molecule has 1 aromatic carbocycles. The zero-order valence-electron chi connectivity index (χ0n) is 12.7. The van der Waals surface area contributed by atoms with E-state index in [1.165, 1.54) is 22.6 Å². The van der Waals surface area contributed by atoms with Crippen LogP contribution < -0.4 is 15.4 Å². The molecule has 0 saturated heterocycles. The normalized spacial score (nSPS) is 11.3. The first kappa shape index (κ1) is 16.3. The van der Waals surface area contributed by atoms with E-state index in [0.717, 1.165) is 12.5 Å². The lowest BCUT2D eigenvalue weighted by atomic mass is 10.3. The van der Waals surface area contributed by atoms with Crippen LogP contribution in [0.4, 0.5) is 4.39 Å². The maximum Gasteiger partial charge on any atom is 0.191 e. The molecule has 2 rings (SSSR count). The lowest BCUT2D eigenvalue weighted by Crippen LogP contribution is -2.38. The molecule has 1 aromatic heterocycles. The highest BCUT2D eigenvalue weighted by Gasteiger charge is 2.02. The summed E-state index contributed by atoms with van der Waals surface area (Å²) in [7, 11) is 1.73. The van der Waals surface area contributed by atoms with Gasteiger partial charge in [0.15, 0.2) is 5.96 Å². The summed E-state index contributed by atoms with van der Waals surface area (Å²) in [6, 6.07) is 8.22. The van der Waals surface area contributed by atoms with Crippen LogP contribution >= 0.6 is 11.3 Å². The van der Waals surface area contributed by atoms with Crippen LogP contribution in [0, 0.1) is 12.7 Å². The van der Waals surface area contributed by atoms with E-state index in [-0.39, 0.29) is 5.82 Å². The van der Waals surface area contributed by atoms with Crippen molar-refractivity contribution >= 4 is 17.3 Å². The third-order valence-electron chi connectivity index (χ3n) is 3.07. The van der Waals surface area contributed by atoms with Gasteiger partial charge in [-0.1, -0.05) is 6.07 Å². The Bertz CT molecular complexity index is 627. The van der Waals surface area contributed by atoms with Crippen LogP contribution in [-0.4, -0.2) is 26.2 Å². The van der Waals surface area contributed by atoms with Crippen LogP contribution in [0.5, 0.6) is 5.75 Å². The summed E-state index contributed by atoms with van der Waals surface area (Å²) in [5.41, 5.74) is 1.28. The van der Waals surface area contributed by atoms with E-state index in [4.69, 9.17) is 4.74 Å². The molecule has 0 saturated carbocycles. The van der Waals surface area contributed by atoms with Crippen molar-refractivity contribution in [3.05, 3.63) is 52.0 Å². The van der Waals surface area contributed by atoms with E-state index in [9.17, 15) is 4.39 Å². The highest BCUT2D eigenvalue weighted by molar-refractivity contribution is 7.10. The van der Waals surface area contributed by atoms with Crippen LogP contribution in [0.3, 0.4) is 0 Å². The molecule has 4 nitrogen and oxygen atoms in total. The number of nitrogens with zero attached hydrogens (tertiary/aromatic N) is 1. The van der Waals surface area contributed by atoms with Crippen LogP contribution in [0.1, 0.15) is 10.4 Å². The van der Waals surface area contributed by atoms with Gasteiger partial charge in [-0.15, -0.1) is 11.3 Å². The quantitative estimate of drug-likeness (QED) is 0.488. The maximum atomic E-state index is 13.0. The van der Waals surface area contributed by atoms with Crippen molar-refractivity contribution in [3.8, 4) is 5.75 Å². The summed E-state index contributed by atoms with van der Waals surface area (Å²) in [6.07, 6.45) is 0. The van der Waals surface area contributed by atoms with Crippen LogP contribution in [0.25, 0.3) is 0 Å². The summed E-state index contributed by atoms with van der Waals surface area (Å²) in [6.45, 7) is 3.85. The number of ether oxygens (including phenoxy) is 1. The highest BCUT2D eigenvalue weighted by Crippen LogP contribution is 2.14. The smallest absolute Gasteiger partial charge is 0.191 e. The largest absolute Gasteiger partial charge is 0.492 e. The van der Waals surface area contributed by atoms with Gasteiger partial charge in [0.1, 0.15) is 18.2 Å². The van der Waals surface area contributed by atoms with Crippen molar-refractivity contribution in [2.24, 2.45) is 4.99 Å². The average Bonchev–Trinajstić information content (AvgIpc) is 2.92. The van der Waals surface area contributed by atoms with Crippen molar-refractivity contribution < 1.29 is 9.13 Å². The van der Waals surface area contributed by atoms with Gasteiger partial charge in [-0.05, 0) is 36.1 Å². The van der Waals surface area contributed by atoms with E-state index in [1.807, 2.05) is 0 Å². The van der Waals surface area contributed by atoms with Gasteiger partial charge in [0, 0.05) is 18.0 Å². The maximum absolute atomic E-state index is 13.0. The number of aryl methyl sites for hydroxylation is 1. The first-order chi connectivity index (χ1) is 10.7. The fraction of sp³-hybridized carbons (Fsp3) is 0.312. The summed E-state index contributed by atoms with van der Waals surface area (Å²) in [4.78, 5) is 5.45. The molecule has 2 aromatic rings. The monoisotopic (exact) mass is 321 g/mol. The van der Waals surface area contributed by atoms with Gasteiger partial charge in [-0.2, -0.15) is 0 Å². The second-order valence-electron chi connectivity index (χ2n) is 4.69. The number of rotatable bonds is 6. The molecule has 0 amide bonds. The molecule has 0 atom stereocenters. The Morgan fingerprint density at radius 2 is 2.18 bits per heavy atom. The van der Waals surface area contributed by atoms with Gasteiger partial charge in [0.2, 0.25) is 0 Å². The summed E-state index contributed by atoms with van der Waals surface area (Å²) in [5, 5.41) is 8.49. The fourth-order valence-electron chi connectivity index (χ4n) is 1.86. The Labute approximate surface area is 134 Å². The van der Waals surface area contributed by atoms with Crippen molar-refractivity contribution in [1.82, 2.24) is 10.6 Å². The third kappa shape index (κ3) is 5.04. The summed E-state index contributed by atoms with van der Waals surface area (Å²) in [5.74, 6) is 0.948. The van der Waals surface area contributed by atoms with Crippen molar-refractivity contribution in [2.45, 2.75) is 13.5 Å². The zero-order valence-corrected chi connectivity index (χ0v) is 13.5. The second kappa shape index (κ2) is 8.38. The molecule has 0 spiro atoms. The molecule has 1 heterocycles. The van der Waals surface area contributed by atoms with E-state index < -0.39 is 0 Å². The molecule has 0 unspecified atom stereocenters. The molecule has 0 radical (unpaired) electrons. The first-order valence-electron chi connectivity index (χ1n) is 7.05. The molecule has 2 N–H and O–H groups in total. The van der Waals surface area contributed by atoms with Crippen LogP contribution in [0.15, 0.2) is 40.7 Å². The molecule has 0 fully saturated rings. The van der Waals surface area contributed by atoms with E-state index in [1.54, 1.807) is 30.5 Å². The van der Waals surface area contributed by atoms with Crippen molar-refractivity contribution in [3.63, 3.8) is 0 Å². The Balaban J connectivity index is 1.69. The zero-order chi connectivity index (χ0) is 15.8. The average molecular weight is 321 g/mol. The SMILES string of the molecule is CN=C(NCCOc1cccc(F)c1)NCc1sccc1C. The molecule has 0 aliphatic rings. The fourth-order valence-corrected chi connectivity index (χ4v) is 2.71. The number of nitrogens with one attached hydrogen (secondary N) is 2. The predicted molar refractivity (Wildman–Crippen MR) is 89.2 cm³/mol. The van der Waals surface area contributed by atoms with Crippen LogP contribution in [-0.2, 0) is 6.54 Å². The molecular formula is C16H20FN3OS. The Morgan fingerprint density at radius 1 is 1.32 bits per heavy atom. The Morgan fingerprint density at radius 3 is 2.86 bits per heavy atom. The molecule has 6 heteroatoms. The second-order valence-corrected chi connectivity index (χ2v) is 5.69.